The van der Waals surface area contributed by atoms with E-state index in [4.69, 9.17) is 4.52 Å². The number of carbonyl (C=O) groups is 1. The summed E-state index contributed by atoms with van der Waals surface area (Å²) in [6.45, 7) is 1.92. The number of halogens is 1. The molecular formula is C16H13FN2O2. The van der Waals surface area contributed by atoms with Gasteiger partial charge in [-0.05, 0) is 36.8 Å². The molecule has 5 heteroatoms. The van der Waals surface area contributed by atoms with E-state index in [2.05, 4.69) is 10.5 Å². The van der Waals surface area contributed by atoms with Crippen LogP contribution in [-0.2, 0) is 11.2 Å². The molecule has 0 aliphatic heterocycles. The first-order valence-corrected chi connectivity index (χ1v) is 6.53. The summed E-state index contributed by atoms with van der Waals surface area (Å²) in [4.78, 5) is 12.0. The van der Waals surface area contributed by atoms with Crippen molar-refractivity contribution in [2.45, 2.75) is 13.3 Å². The highest BCUT2D eigenvalue weighted by atomic mass is 19.1. The SMILES string of the molecule is Cc1cccc2c(CC(=O)Nc3cccc(F)c3)noc12. The first-order chi connectivity index (χ1) is 10.1. The summed E-state index contributed by atoms with van der Waals surface area (Å²) in [5.74, 6) is -0.660. The van der Waals surface area contributed by atoms with Crippen molar-refractivity contribution in [2.24, 2.45) is 0 Å². The number of anilines is 1. The zero-order valence-corrected chi connectivity index (χ0v) is 11.4. The fourth-order valence-corrected chi connectivity index (χ4v) is 2.20. The van der Waals surface area contributed by atoms with Crippen LogP contribution in [0.5, 0.6) is 0 Å². The van der Waals surface area contributed by atoms with E-state index in [0.29, 0.717) is 17.0 Å². The zero-order valence-electron chi connectivity index (χ0n) is 11.4. The molecule has 0 spiro atoms. The molecule has 0 saturated heterocycles. The minimum Gasteiger partial charge on any atom is -0.356 e. The molecule has 0 atom stereocenters. The first-order valence-electron chi connectivity index (χ1n) is 6.53. The van der Waals surface area contributed by atoms with E-state index >= 15 is 0 Å². The summed E-state index contributed by atoms with van der Waals surface area (Å²) < 4.78 is 18.3. The van der Waals surface area contributed by atoms with Gasteiger partial charge < -0.3 is 9.84 Å². The van der Waals surface area contributed by atoms with Crippen molar-refractivity contribution < 1.29 is 13.7 Å². The van der Waals surface area contributed by atoms with Crippen molar-refractivity contribution in [3.8, 4) is 0 Å². The van der Waals surface area contributed by atoms with Crippen molar-refractivity contribution in [2.75, 3.05) is 5.32 Å². The summed E-state index contributed by atoms with van der Waals surface area (Å²) >= 11 is 0. The Balaban J connectivity index is 1.79. The van der Waals surface area contributed by atoms with E-state index in [1.807, 2.05) is 25.1 Å². The normalized spacial score (nSPS) is 10.8. The van der Waals surface area contributed by atoms with Gasteiger partial charge in [0, 0.05) is 11.1 Å². The molecule has 3 aromatic rings. The molecule has 2 aromatic carbocycles. The topological polar surface area (TPSA) is 55.1 Å². The van der Waals surface area contributed by atoms with Crippen LogP contribution in [0.1, 0.15) is 11.3 Å². The van der Waals surface area contributed by atoms with Gasteiger partial charge in [0.05, 0.1) is 6.42 Å². The summed E-state index contributed by atoms with van der Waals surface area (Å²) in [6.07, 6.45) is 0.0764. The number of benzene rings is 2. The van der Waals surface area contributed by atoms with E-state index in [-0.39, 0.29) is 12.3 Å². The second-order valence-corrected chi connectivity index (χ2v) is 4.82. The Kier molecular flexibility index (Phi) is 3.39. The third kappa shape index (κ3) is 2.76. The van der Waals surface area contributed by atoms with Crippen molar-refractivity contribution in [3.05, 3.63) is 59.5 Å². The van der Waals surface area contributed by atoms with Gasteiger partial charge in [-0.2, -0.15) is 0 Å². The smallest absolute Gasteiger partial charge is 0.230 e. The van der Waals surface area contributed by atoms with Gasteiger partial charge in [0.2, 0.25) is 5.91 Å². The standard InChI is InChI=1S/C16H13FN2O2/c1-10-4-2-7-13-14(19-21-16(10)13)9-15(20)18-12-6-3-5-11(17)8-12/h2-8H,9H2,1H3,(H,18,20). The number of hydrogen-bond donors (Lipinski definition) is 1. The molecule has 1 aromatic heterocycles. The van der Waals surface area contributed by atoms with E-state index < -0.39 is 5.82 Å². The Morgan fingerprint density at radius 2 is 2.10 bits per heavy atom. The maximum Gasteiger partial charge on any atom is 0.230 e. The van der Waals surface area contributed by atoms with Crippen LogP contribution in [0.2, 0.25) is 0 Å². The number of aryl methyl sites for hydroxylation is 1. The second kappa shape index (κ2) is 5.36. The van der Waals surface area contributed by atoms with Crippen LogP contribution in [0.15, 0.2) is 47.0 Å². The number of para-hydroxylation sites is 1. The quantitative estimate of drug-likeness (QED) is 0.801. The lowest BCUT2D eigenvalue weighted by molar-refractivity contribution is -0.115. The molecular weight excluding hydrogens is 271 g/mol. The Labute approximate surface area is 120 Å². The third-order valence-corrected chi connectivity index (χ3v) is 3.21. The molecule has 0 radical (unpaired) electrons. The van der Waals surface area contributed by atoms with Gasteiger partial charge in [-0.25, -0.2) is 4.39 Å². The molecule has 0 aliphatic carbocycles. The Morgan fingerprint density at radius 3 is 2.90 bits per heavy atom. The predicted octanol–water partition coefficient (Wildman–Crippen LogP) is 3.46. The van der Waals surface area contributed by atoms with E-state index in [1.54, 1.807) is 12.1 Å². The third-order valence-electron chi connectivity index (χ3n) is 3.21. The van der Waals surface area contributed by atoms with Crippen LogP contribution in [0.4, 0.5) is 10.1 Å². The number of nitrogens with zero attached hydrogens (tertiary/aromatic N) is 1. The summed E-state index contributed by atoms with van der Waals surface area (Å²) in [5.41, 5.74) is 2.65. The fraction of sp³-hybridized carbons (Fsp3) is 0.125. The van der Waals surface area contributed by atoms with E-state index in [0.717, 1.165) is 10.9 Å². The van der Waals surface area contributed by atoms with Crippen LogP contribution in [0, 0.1) is 12.7 Å². The van der Waals surface area contributed by atoms with E-state index in [1.165, 1.54) is 12.1 Å². The summed E-state index contributed by atoms with van der Waals surface area (Å²) in [7, 11) is 0. The van der Waals surface area contributed by atoms with Crippen LogP contribution >= 0.6 is 0 Å². The van der Waals surface area contributed by atoms with Crippen molar-refractivity contribution in [3.63, 3.8) is 0 Å². The first kappa shape index (κ1) is 13.3. The average Bonchev–Trinajstić information content (AvgIpc) is 2.83. The summed E-state index contributed by atoms with van der Waals surface area (Å²) in [5, 5.41) is 7.41. The Morgan fingerprint density at radius 1 is 1.29 bits per heavy atom. The lowest BCUT2D eigenvalue weighted by Gasteiger charge is -2.03. The molecule has 21 heavy (non-hydrogen) atoms. The number of rotatable bonds is 3. The Bertz CT molecular complexity index is 811. The molecule has 106 valence electrons. The fourth-order valence-electron chi connectivity index (χ4n) is 2.20. The number of aromatic nitrogens is 1. The molecule has 1 amide bonds. The summed E-state index contributed by atoms with van der Waals surface area (Å²) in [6, 6.07) is 11.4. The van der Waals surface area contributed by atoms with Gasteiger partial charge in [-0.1, -0.05) is 23.4 Å². The largest absolute Gasteiger partial charge is 0.356 e. The zero-order chi connectivity index (χ0) is 14.8. The number of amides is 1. The minimum atomic E-state index is -0.393. The molecule has 1 heterocycles. The monoisotopic (exact) mass is 284 g/mol. The highest BCUT2D eigenvalue weighted by Crippen LogP contribution is 2.22. The highest BCUT2D eigenvalue weighted by Gasteiger charge is 2.13. The van der Waals surface area contributed by atoms with Gasteiger partial charge in [0.1, 0.15) is 11.5 Å². The van der Waals surface area contributed by atoms with Crippen LogP contribution in [0.3, 0.4) is 0 Å². The maximum absolute atomic E-state index is 13.1. The average molecular weight is 284 g/mol. The molecule has 0 unspecified atom stereocenters. The minimum absolute atomic E-state index is 0.0764. The number of fused-ring (bicyclic) bond motifs is 1. The number of nitrogens with one attached hydrogen (secondary N) is 1. The van der Waals surface area contributed by atoms with Crippen LogP contribution < -0.4 is 5.32 Å². The number of carbonyl (C=O) groups excluding carboxylic acids is 1. The van der Waals surface area contributed by atoms with Crippen LogP contribution in [0.25, 0.3) is 11.0 Å². The second-order valence-electron chi connectivity index (χ2n) is 4.82. The maximum atomic E-state index is 13.1. The lowest BCUT2D eigenvalue weighted by Crippen LogP contribution is -2.14. The molecule has 0 fully saturated rings. The molecule has 4 nitrogen and oxygen atoms in total. The molecule has 0 aliphatic rings. The number of hydrogen-bond acceptors (Lipinski definition) is 3. The predicted molar refractivity (Wildman–Crippen MR) is 77.5 cm³/mol. The van der Waals surface area contributed by atoms with E-state index in [9.17, 15) is 9.18 Å². The molecule has 0 bridgehead atoms. The van der Waals surface area contributed by atoms with Crippen molar-refractivity contribution >= 4 is 22.6 Å². The molecule has 1 N–H and O–H groups in total. The van der Waals surface area contributed by atoms with Crippen molar-refractivity contribution in [1.29, 1.82) is 0 Å². The molecule has 0 saturated carbocycles. The van der Waals surface area contributed by atoms with Gasteiger partial charge >= 0.3 is 0 Å². The van der Waals surface area contributed by atoms with Gasteiger partial charge in [0.15, 0.2) is 5.58 Å². The highest BCUT2D eigenvalue weighted by molar-refractivity contribution is 5.95. The van der Waals surface area contributed by atoms with Crippen LogP contribution in [-0.4, -0.2) is 11.1 Å². The molecule has 3 rings (SSSR count). The van der Waals surface area contributed by atoms with Gasteiger partial charge in [-0.15, -0.1) is 0 Å². The van der Waals surface area contributed by atoms with Crippen molar-refractivity contribution in [1.82, 2.24) is 5.16 Å². The Hall–Kier alpha value is -2.69. The lowest BCUT2D eigenvalue weighted by atomic mass is 10.1. The van der Waals surface area contributed by atoms with Gasteiger partial charge in [0.25, 0.3) is 0 Å². The van der Waals surface area contributed by atoms with Gasteiger partial charge in [-0.3, -0.25) is 4.79 Å².